The topological polar surface area (TPSA) is 12.4 Å². The molecule has 2 heteroatoms. The first-order valence-corrected chi connectivity index (χ1v) is 4.32. The molecular weight excluding hydrogens is 130 g/mol. The molecule has 1 aliphatic heterocycles. The van der Waals surface area contributed by atoms with E-state index in [0.717, 1.165) is 6.42 Å². The van der Waals surface area contributed by atoms with E-state index < -0.39 is 0 Å². The molecule has 0 amide bonds. The average Bonchev–Trinajstić information content (AvgIpc) is 1.90. The van der Waals surface area contributed by atoms with Crippen LogP contribution in [0.5, 0.6) is 0 Å². The SMILES string of the molecule is CSC1=CCC(C)N=C1. The lowest BCUT2D eigenvalue weighted by atomic mass is 10.2. The number of hydrogen-bond acceptors (Lipinski definition) is 2. The normalized spacial score (nSPS) is 26.0. The lowest BCUT2D eigenvalue weighted by Gasteiger charge is -2.08. The Morgan fingerprint density at radius 3 is 3.00 bits per heavy atom. The summed E-state index contributed by atoms with van der Waals surface area (Å²) in [5.41, 5.74) is 0. The van der Waals surface area contributed by atoms with Crippen molar-refractivity contribution in [1.82, 2.24) is 0 Å². The quantitative estimate of drug-likeness (QED) is 0.544. The monoisotopic (exact) mass is 141 g/mol. The largest absolute Gasteiger partial charge is 0.289 e. The number of rotatable bonds is 1. The van der Waals surface area contributed by atoms with Crippen LogP contribution in [0.3, 0.4) is 0 Å². The van der Waals surface area contributed by atoms with Gasteiger partial charge in [0, 0.05) is 11.1 Å². The molecule has 0 spiro atoms. The van der Waals surface area contributed by atoms with Crippen molar-refractivity contribution in [3.63, 3.8) is 0 Å². The molecule has 9 heavy (non-hydrogen) atoms. The van der Waals surface area contributed by atoms with Crippen LogP contribution in [-0.4, -0.2) is 18.5 Å². The Morgan fingerprint density at radius 2 is 2.56 bits per heavy atom. The number of dihydropyridines is 1. The lowest BCUT2D eigenvalue weighted by Crippen LogP contribution is -2.01. The van der Waals surface area contributed by atoms with E-state index >= 15 is 0 Å². The third-order valence-corrected chi connectivity index (χ3v) is 2.10. The minimum absolute atomic E-state index is 0.501. The van der Waals surface area contributed by atoms with Crippen LogP contribution in [0, 0.1) is 0 Å². The van der Waals surface area contributed by atoms with Gasteiger partial charge in [-0.3, -0.25) is 4.99 Å². The number of aliphatic imine (C=N–C) groups is 1. The summed E-state index contributed by atoms with van der Waals surface area (Å²) in [6, 6.07) is 0.501. The van der Waals surface area contributed by atoms with Gasteiger partial charge in [0.25, 0.3) is 0 Å². The zero-order chi connectivity index (χ0) is 6.69. The molecule has 0 aromatic rings. The van der Waals surface area contributed by atoms with Crippen molar-refractivity contribution >= 4 is 18.0 Å². The Bertz CT molecular complexity index is 149. The molecule has 1 unspecified atom stereocenters. The van der Waals surface area contributed by atoms with E-state index in [2.05, 4.69) is 24.2 Å². The second-order valence-electron chi connectivity index (χ2n) is 2.17. The van der Waals surface area contributed by atoms with E-state index in [1.807, 2.05) is 6.21 Å². The van der Waals surface area contributed by atoms with Gasteiger partial charge in [-0.25, -0.2) is 0 Å². The van der Waals surface area contributed by atoms with Gasteiger partial charge in [0.15, 0.2) is 0 Å². The van der Waals surface area contributed by atoms with Crippen molar-refractivity contribution in [2.75, 3.05) is 6.26 Å². The maximum absolute atomic E-state index is 4.27. The first kappa shape index (κ1) is 6.87. The second-order valence-corrected chi connectivity index (χ2v) is 3.05. The summed E-state index contributed by atoms with van der Waals surface area (Å²) >= 11 is 1.76. The highest BCUT2D eigenvalue weighted by molar-refractivity contribution is 8.03. The summed E-state index contributed by atoms with van der Waals surface area (Å²) in [5.74, 6) is 0. The van der Waals surface area contributed by atoms with Gasteiger partial charge in [-0.1, -0.05) is 6.08 Å². The highest BCUT2D eigenvalue weighted by Crippen LogP contribution is 2.15. The summed E-state index contributed by atoms with van der Waals surface area (Å²) in [7, 11) is 0. The van der Waals surface area contributed by atoms with Gasteiger partial charge in [-0.2, -0.15) is 0 Å². The first-order chi connectivity index (χ1) is 4.33. The Balaban J connectivity index is 2.52. The zero-order valence-electron chi connectivity index (χ0n) is 5.79. The van der Waals surface area contributed by atoms with Crippen LogP contribution in [-0.2, 0) is 0 Å². The summed E-state index contributed by atoms with van der Waals surface area (Å²) in [6.45, 7) is 2.13. The van der Waals surface area contributed by atoms with Gasteiger partial charge >= 0.3 is 0 Å². The van der Waals surface area contributed by atoms with Crippen LogP contribution in [0.4, 0.5) is 0 Å². The summed E-state index contributed by atoms with van der Waals surface area (Å²) < 4.78 is 0. The minimum Gasteiger partial charge on any atom is -0.289 e. The molecule has 0 saturated carbocycles. The first-order valence-electron chi connectivity index (χ1n) is 3.10. The molecule has 0 aromatic heterocycles. The fraction of sp³-hybridized carbons (Fsp3) is 0.571. The van der Waals surface area contributed by atoms with E-state index in [1.165, 1.54) is 4.91 Å². The van der Waals surface area contributed by atoms with Crippen LogP contribution in [0.15, 0.2) is 16.0 Å². The number of hydrogen-bond donors (Lipinski definition) is 0. The Labute approximate surface area is 60.3 Å². The zero-order valence-corrected chi connectivity index (χ0v) is 6.61. The fourth-order valence-corrected chi connectivity index (χ4v) is 1.17. The molecule has 1 heterocycles. The van der Waals surface area contributed by atoms with Gasteiger partial charge in [0.05, 0.1) is 6.04 Å². The number of thioether (sulfide) groups is 1. The van der Waals surface area contributed by atoms with Gasteiger partial charge in [0.1, 0.15) is 0 Å². The van der Waals surface area contributed by atoms with Crippen LogP contribution in [0.25, 0.3) is 0 Å². The molecule has 0 fully saturated rings. The molecule has 1 nitrogen and oxygen atoms in total. The van der Waals surface area contributed by atoms with E-state index in [9.17, 15) is 0 Å². The molecule has 0 radical (unpaired) electrons. The molecular formula is C7H11NS. The van der Waals surface area contributed by atoms with Crippen molar-refractivity contribution < 1.29 is 0 Å². The molecule has 0 aliphatic carbocycles. The maximum Gasteiger partial charge on any atom is 0.0506 e. The van der Waals surface area contributed by atoms with E-state index in [-0.39, 0.29) is 0 Å². The standard InChI is InChI=1S/C7H11NS/c1-6-3-4-7(9-2)5-8-6/h4-6H,3H2,1-2H3. The van der Waals surface area contributed by atoms with Crippen LogP contribution < -0.4 is 0 Å². The highest BCUT2D eigenvalue weighted by atomic mass is 32.2. The van der Waals surface area contributed by atoms with Crippen molar-refractivity contribution in [3.8, 4) is 0 Å². The molecule has 50 valence electrons. The van der Waals surface area contributed by atoms with Crippen molar-refractivity contribution in [2.24, 2.45) is 4.99 Å². The van der Waals surface area contributed by atoms with Crippen molar-refractivity contribution in [2.45, 2.75) is 19.4 Å². The summed E-state index contributed by atoms with van der Waals surface area (Å²) in [4.78, 5) is 5.57. The fourth-order valence-electron chi connectivity index (χ4n) is 0.737. The molecule has 1 aliphatic rings. The maximum atomic E-state index is 4.27. The van der Waals surface area contributed by atoms with E-state index in [1.54, 1.807) is 11.8 Å². The van der Waals surface area contributed by atoms with Crippen LogP contribution in [0.1, 0.15) is 13.3 Å². The molecule has 1 atom stereocenters. The van der Waals surface area contributed by atoms with Crippen LogP contribution in [0.2, 0.25) is 0 Å². The van der Waals surface area contributed by atoms with Gasteiger partial charge in [-0.15, -0.1) is 11.8 Å². The second kappa shape index (κ2) is 3.06. The van der Waals surface area contributed by atoms with Crippen molar-refractivity contribution in [3.05, 3.63) is 11.0 Å². The van der Waals surface area contributed by atoms with Gasteiger partial charge in [0.2, 0.25) is 0 Å². The van der Waals surface area contributed by atoms with E-state index in [4.69, 9.17) is 0 Å². The predicted molar refractivity (Wildman–Crippen MR) is 44.2 cm³/mol. The molecule has 0 N–H and O–H groups in total. The Kier molecular flexibility index (Phi) is 2.34. The third kappa shape index (κ3) is 1.86. The van der Waals surface area contributed by atoms with Crippen LogP contribution >= 0.6 is 11.8 Å². The van der Waals surface area contributed by atoms with Gasteiger partial charge in [-0.05, 0) is 19.6 Å². The smallest absolute Gasteiger partial charge is 0.0506 e. The number of nitrogens with zero attached hydrogens (tertiary/aromatic N) is 1. The lowest BCUT2D eigenvalue weighted by molar-refractivity contribution is 0.756. The summed E-state index contributed by atoms with van der Waals surface area (Å²) in [5, 5.41) is 0. The Hall–Kier alpha value is -0.240. The minimum atomic E-state index is 0.501. The molecule has 0 bridgehead atoms. The molecule has 0 saturated heterocycles. The molecule has 1 rings (SSSR count). The predicted octanol–water partition coefficient (Wildman–Crippen LogP) is 2.10. The number of allylic oxidation sites excluding steroid dienone is 1. The van der Waals surface area contributed by atoms with E-state index in [0.29, 0.717) is 6.04 Å². The Morgan fingerprint density at radius 1 is 1.78 bits per heavy atom. The van der Waals surface area contributed by atoms with Crippen molar-refractivity contribution in [1.29, 1.82) is 0 Å². The highest BCUT2D eigenvalue weighted by Gasteiger charge is 2.01. The summed E-state index contributed by atoms with van der Waals surface area (Å²) in [6.07, 6.45) is 7.38. The third-order valence-electron chi connectivity index (χ3n) is 1.35. The molecule has 0 aromatic carbocycles. The average molecular weight is 141 g/mol. The van der Waals surface area contributed by atoms with Gasteiger partial charge < -0.3 is 0 Å².